The van der Waals surface area contributed by atoms with Crippen LogP contribution in [-0.4, -0.2) is 67.7 Å². The van der Waals surface area contributed by atoms with Gasteiger partial charge < -0.3 is 14.4 Å². The van der Waals surface area contributed by atoms with E-state index in [0.29, 0.717) is 23.4 Å². The predicted molar refractivity (Wildman–Crippen MR) is 91.5 cm³/mol. The second-order valence-corrected chi connectivity index (χ2v) is 7.29. The fraction of sp³-hybridized carbons (Fsp3) is 0.632. The zero-order valence-corrected chi connectivity index (χ0v) is 14.5. The second kappa shape index (κ2) is 6.37. The smallest absolute Gasteiger partial charge is 0.257 e. The van der Waals surface area contributed by atoms with Crippen LogP contribution in [-0.2, 0) is 4.74 Å². The lowest BCUT2D eigenvalue weighted by Gasteiger charge is -2.48. The highest BCUT2D eigenvalue weighted by atomic mass is 16.5. The molecular formula is C19H26N2O3. The Hall–Kier alpha value is -1.59. The maximum absolute atomic E-state index is 13.0. The molecule has 0 unspecified atom stereocenters. The van der Waals surface area contributed by atoms with Gasteiger partial charge in [-0.1, -0.05) is 6.07 Å². The van der Waals surface area contributed by atoms with E-state index >= 15 is 0 Å². The van der Waals surface area contributed by atoms with Gasteiger partial charge in [-0.25, -0.2) is 0 Å². The Morgan fingerprint density at radius 3 is 2.83 bits per heavy atom. The van der Waals surface area contributed by atoms with Crippen LogP contribution in [0.5, 0.6) is 5.75 Å². The summed E-state index contributed by atoms with van der Waals surface area (Å²) in [6, 6.07) is 6.68. The summed E-state index contributed by atoms with van der Waals surface area (Å²) in [4.78, 5) is 17.5. The first-order valence-corrected chi connectivity index (χ1v) is 8.95. The molecule has 1 amide bonds. The zero-order chi connectivity index (χ0) is 16.7. The number of aryl methyl sites for hydroxylation is 1. The largest absolute Gasteiger partial charge is 0.496 e. The molecule has 0 aromatic heterocycles. The van der Waals surface area contributed by atoms with Gasteiger partial charge in [0.15, 0.2) is 0 Å². The van der Waals surface area contributed by atoms with Crippen molar-refractivity contribution >= 4 is 5.91 Å². The van der Waals surface area contributed by atoms with E-state index in [1.165, 1.54) is 12.8 Å². The number of methoxy groups -OCH3 is 1. The van der Waals surface area contributed by atoms with Crippen molar-refractivity contribution in [2.24, 2.45) is 5.92 Å². The van der Waals surface area contributed by atoms with Crippen molar-refractivity contribution in [1.82, 2.24) is 9.80 Å². The maximum atomic E-state index is 13.0. The van der Waals surface area contributed by atoms with Crippen LogP contribution < -0.4 is 4.74 Å². The average molecular weight is 330 g/mol. The van der Waals surface area contributed by atoms with Crippen LogP contribution in [0.3, 0.4) is 0 Å². The van der Waals surface area contributed by atoms with E-state index in [9.17, 15) is 4.79 Å². The SMILES string of the molecule is COc1cc(C)ccc1C(=O)N1CCN2[C@@H](COC[C@@H]2C2CC2)C1. The molecule has 5 nitrogen and oxygen atoms in total. The van der Waals surface area contributed by atoms with Gasteiger partial charge in [0.25, 0.3) is 5.91 Å². The van der Waals surface area contributed by atoms with Gasteiger partial charge in [-0.3, -0.25) is 9.69 Å². The molecule has 5 heteroatoms. The van der Waals surface area contributed by atoms with E-state index in [-0.39, 0.29) is 5.91 Å². The molecule has 2 saturated heterocycles. The van der Waals surface area contributed by atoms with Crippen LogP contribution in [0.1, 0.15) is 28.8 Å². The molecule has 1 aliphatic carbocycles. The van der Waals surface area contributed by atoms with Crippen molar-refractivity contribution < 1.29 is 14.3 Å². The quantitative estimate of drug-likeness (QED) is 0.849. The van der Waals surface area contributed by atoms with E-state index in [4.69, 9.17) is 9.47 Å². The summed E-state index contributed by atoms with van der Waals surface area (Å²) in [6.07, 6.45) is 2.67. The van der Waals surface area contributed by atoms with Crippen molar-refractivity contribution in [3.05, 3.63) is 29.3 Å². The molecule has 2 aliphatic heterocycles. The summed E-state index contributed by atoms with van der Waals surface area (Å²) in [5.41, 5.74) is 1.76. The summed E-state index contributed by atoms with van der Waals surface area (Å²) in [7, 11) is 1.62. The third kappa shape index (κ3) is 2.91. The van der Waals surface area contributed by atoms with Crippen LogP contribution >= 0.6 is 0 Å². The number of hydrogen-bond donors (Lipinski definition) is 0. The number of nitrogens with zero attached hydrogens (tertiary/aromatic N) is 2. The number of benzene rings is 1. The summed E-state index contributed by atoms with van der Waals surface area (Å²) < 4.78 is 11.3. The summed E-state index contributed by atoms with van der Waals surface area (Å²) >= 11 is 0. The van der Waals surface area contributed by atoms with Gasteiger partial charge in [-0.15, -0.1) is 0 Å². The minimum atomic E-state index is 0.0695. The average Bonchev–Trinajstić information content (AvgIpc) is 3.45. The first kappa shape index (κ1) is 15.9. The number of carbonyl (C=O) groups excluding carboxylic acids is 1. The molecule has 1 aromatic rings. The van der Waals surface area contributed by atoms with Crippen molar-refractivity contribution in [3.8, 4) is 5.75 Å². The topological polar surface area (TPSA) is 42.0 Å². The van der Waals surface area contributed by atoms with Crippen molar-refractivity contribution in [1.29, 1.82) is 0 Å². The third-order valence-corrected chi connectivity index (χ3v) is 5.59. The molecule has 1 saturated carbocycles. The fourth-order valence-corrected chi connectivity index (χ4v) is 4.09. The molecule has 0 spiro atoms. The predicted octanol–water partition coefficient (Wildman–Crippen LogP) is 1.94. The standard InChI is InChI=1S/C19H26N2O3/c1-13-3-6-16(18(9-13)23-2)19(22)20-7-8-21-15(10-20)11-24-12-17(21)14-4-5-14/h3,6,9,14-15,17H,4-5,7-8,10-12H2,1-2H3/t15-,17-/m1/s1. The van der Waals surface area contributed by atoms with Crippen LogP contribution in [0, 0.1) is 12.8 Å². The van der Waals surface area contributed by atoms with Gasteiger partial charge in [-0.05, 0) is 43.4 Å². The summed E-state index contributed by atoms with van der Waals surface area (Å²) in [5, 5.41) is 0. The minimum Gasteiger partial charge on any atom is -0.496 e. The van der Waals surface area contributed by atoms with Gasteiger partial charge in [0.2, 0.25) is 0 Å². The van der Waals surface area contributed by atoms with E-state index in [0.717, 1.165) is 44.3 Å². The normalized spacial score (nSPS) is 27.7. The Bertz CT molecular complexity index is 629. The summed E-state index contributed by atoms with van der Waals surface area (Å²) in [6.45, 7) is 6.09. The number of ether oxygens (including phenoxy) is 2. The fourth-order valence-electron chi connectivity index (χ4n) is 4.09. The van der Waals surface area contributed by atoms with Crippen molar-refractivity contribution in [2.75, 3.05) is 40.0 Å². The number of piperazine rings is 1. The lowest BCUT2D eigenvalue weighted by Crippen LogP contribution is -2.63. The number of hydrogen-bond acceptors (Lipinski definition) is 4. The van der Waals surface area contributed by atoms with Gasteiger partial charge in [0, 0.05) is 25.7 Å². The molecule has 1 aromatic carbocycles. The monoisotopic (exact) mass is 330 g/mol. The lowest BCUT2D eigenvalue weighted by molar-refractivity contribution is -0.0816. The Kier molecular flexibility index (Phi) is 4.22. The second-order valence-electron chi connectivity index (χ2n) is 7.29. The zero-order valence-electron chi connectivity index (χ0n) is 14.5. The van der Waals surface area contributed by atoms with Gasteiger partial charge >= 0.3 is 0 Å². The minimum absolute atomic E-state index is 0.0695. The van der Waals surface area contributed by atoms with Crippen LogP contribution in [0.25, 0.3) is 0 Å². The number of morpholine rings is 1. The van der Waals surface area contributed by atoms with Crippen LogP contribution in [0.15, 0.2) is 18.2 Å². The Morgan fingerprint density at radius 1 is 1.25 bits per heavy atom. The number of rotatable bonds is 3. The highest BCUT2D eigenvalue weighted by Crippen LogP contribution is 2.38. The number of fused-ring (bicyclic) bond motifs is 1. The molecule has 2 heterocycles. The molecule has 3 fully saturated rings. The third-order valence-electron chi connectivity index (χ3n) is 5.59. The number of amides is 1. The van der Waals surface area contributed by atoms with Crippen molar-refractivity contribution in [2.45, 2.75) is 31.8 Å². The first-order chi connectivity index (χ1) is 11.7. The molecule has 2 atom stereocenters. The molecular weight excluding hydrogens is 304 g/mol. The van der Waals surface area contributed by atoms with Gasteiger partial charge in [0.1, 0.15) is 5.75 Å². The molecule has 0 N–H and O–H groups in total. The van der Waals surface area contributed by atoms with Crippen LogP contribution in [0.2, 0.25) is 0 Å². The summed E-state index contributed by atoms with van der Waals surface area (Å²) in [5.74, 6) is 1.55. The molecule has 4 rings (SSSR count). The Morgan fingerprint density at radius 2 is 2.08 bits per heavy atom. The highest BCUT2D eigenvalue weighted by molar-refractivity contribution is 5.97. The molecule has 3 aliphatic rings. The molecule has 0 radical (unpaired) electrons. The highest BCUT2D eigenvalue weighted by Gasteiger charge is 2.43. The first-order valence-electron chi connectivity index (χ1n) is 8.95. The number of carbonyl (C=O) groups is 1. The lowest BCUT2D eigenvalue weighted by atomic mass is 10.0. The van der Waals surface area contributed by atoms with Crippen LogP contribution in [0.4, 0.5) is 0 Å². The van der Waals surface area contributed by atoms with Gasteiger partial charge in [-0.2, -0.15) is 0 Å². The Labute approximate surface area is 143 Å². The molecule has 0 bridgehead atoms. The van der Waals surface area contributed by atoms with Crippen molar-refractivity contribution in [3.63, 3.8) is 0 Å². The van der Waals surface area contributed by atoms with E-state index < -0.39 is 0 Å². The molecule has 130 valence electrons. The maximum Gasteiger partial charge on any atom is 0.257 e. The Balaban J connectivity index is 1.49. The van der Waals surface area contributed by atoms with E-state index in [2.05, 4.69) is 4.90 Å². The van der Waals surface area contributed by atoms with Gasteiger partial charge in [0.05, 0.1) is 31.9 Å². The molecule has 24 heavy (non-hydrogen) atoms. The van der Waals surface area contributed by atoms with E-state index in [1.807, 2.05) is 30.0 Å². The van der Waals surface area contributed by atoms with E-state index in [1.54, 1.807) is 7.11 Å².